The number of carbonyl (C=O) groups is 2. The van der Waals surface area contributed by atoms with Gasteiger partial charge in [-0.1, -0.05) is 95.0 Å². The van der Waals surface area contributed by atoms with Crippen LogP contribution in [0.1, 0.15) is 53.5 Å². The molecule has 3 aromatic carbocycles. The first-order valence-corrected chi connectivity index (χ1v) is 13.6. The Morgan fingerprint density at radius 1 is 0.944 bits per heavy atom. The number of carbonyl (C=O) groups excluding carboxylic acids is 2. The van der Waals surface area contributed by atoms with Crippen LogP contribution in [-0.2, 0) is 29.0 Å². The fourth-order valence-electron chi connectivity index (χ4n) is 5.01. The van der Waals surface area contributed by atoms with Crippen LogP contribution in [0.25, 0.3) is 0 Å². The fraction of sp³-hybridized carbons (Fsp3) is 0.355. The second kappa shape index (κ2) is 12.4. The minimum atomic E-state index is -0.593. The molecule has 4 nitrogen and oxygen atoms in total. The third kappa shape index (κ3) is 7.07. The highest BCUT2D eigenvalue weighted by Crippen LogP contribution is 2.22. The Morgan fingerprint density at radius 3 is 2.39 bits per heavy atom. The highest BCUT2D eigenvalue weighted by molar-refractivity contribution is 9.10. The quantitative estimate of drug-likeness (QED) is 0.342. The monoisotopic (exact) mass is 546 g/mol. The van der Waals surface area contributed by atoms with E-state index in [4.69, 9.17) is 0 Å². The molecule has 1 aliphatic rings. The van der Waals surface area contributed by atoms with Gasteiger partial charge in [-0.25, -0.2) is 0 Å². The maximum absolute atomic E-state index is 14.0. The molecule has 188 valence electrons. The molecule has 0 saturated heterocycles. The van der Waals surface area contributed by atoms with Crippen molar-refractivity contribution in [3.63, 3.8) is 0 Å². The van der Waals surface area contributed by atoms with Crippen LogP contribution >= 0.6 is 15.9 Å². The number of hydrogen-bond donors (Lipinski definition) is 1. The van der Waals surface area contributed by atoms with E-state index in [0.717, 1.165) is 58.0 Å². The van der Waals surface area contributed by atoms with Gasteiger partial charge in [0.25, 0.3) is 0 Å². The average molecular weight is 548 g/mol. The second-order valence-electron chi connectivity index (χ2n) is 9.95. The molecule has 4 rings (SSSR count). The Hall–Kier alpha value is -2.92. The highest BCUT2D eigenvalue weighted by Gasteiger charge is 2.32. The van der Waals surface area contributed by atoms with E-state index in [-0.39, 0.29) is 24.3 Å². The smallest absolute Gasteiger partial charge is 0.243 e. The van der Waals surface area contributed by atoms with E-state index in [1.807, 2.05) is 68.4 Å². The van der Waals surface area contributed by atoms with Gasteiger partial charge in [0.1, 0.15) is 6.04 Å². The maximum atomic E-state index is 14.0. The Bertz CT molecular complexity index is 1190. The van der Waals surface area contributed by atoms with Crippen molar-refractivity contribution in [3.05, 3.63) is 105 Å². The first kappa shape index (κ1) is 26.2. The summed E-state index contributed by atoms with van der Waals surface area (Å²) in [5.74, 6) is -0.0961. The van der Waals surface area contributed by atoms with Gasteiger partial charge >= 0.3 is 0 Å². The molecular formula is C31H35BrN2O2. The normalized spacial score (nSPS) is 14.4. The minimum absolute atomic E-state index is 0.0359. The van der Waals surface area contributed by atoms with Gasteiger partial charge in [0.15, 0.2) is 0 Å². The molecule has 1 atom stereocenters. The number of rotatable bonds is 9. The second-order valence-corrected chi connectivity index (χ2v) is 10.9. The fourth-order valence-corrected chi connectivity index (χ4v) is 5.46. The lowest BCUT2D eigenvalue weighted by molar-refractivity contribution is -0.141. The zero-order valence-electron chi connectivity index (χ0n) is 21.2. The average Bonchev–Trinajstić information content (AvgIpc) is 3.37. The van der Waals surface area contributed by atoms with E-state index in [1.165, 1.54) is 0 Å². The zero-order chi connectivity index (χ0) is 25.5. The number of halogens is 1. The van der Waals surface area contributed by atoms with Gasteiger partial charge in [-0.05, 0) is 61.1 Å². The van der Waals surface area contributed by atoms with Crippen molar-refractivity contribution in [2.45, 2.75) is 71.0 Å². The molecule has 1 saturated carbocycles. The third-order valence-corrected chi connectivity index (χ3v) is 7.55. The molecule has 0 bridgehead atoms. The maximum Gasteiger partial charge on any atom is 0.243 e. The van der Waals surface area contributed by atoms with Gasteiger partial charge in [0.05, 0.1) is 6.42 Å². The molecule has 0 unspecified atom stereocenters. The van der Waals surface area contributed by atoms with Gasteiger partial charge in [0, 0.05) is 23.5 Å². The van der Waals surface area contributed by atoms with Crippen LogP contribution in [0, 0.1) is 13.8 Å². The highest BCUT2D eigenvalue weighted by atomic mass is 79.9. The van der Waals surface area contributed by atoms with Gasteiger partial charge in [-0.2, -0.15) is 0 Å². The third-order valence-electron chi connectivity index (χ3n) is 7.06. The molecule has 0 aromatic heterocycles. The standard InChI is InChI=1S/C31H35BrN2O2/c1-22-15-16-23(2)26(17-22)20-30(35)34(21-25-11-8-12-27(32)18-25)29(19-24-9-4-3-5-10-24)31(36)33-28-13-6-7-14-28/h3-5,8-12,15-18,28-29H,6-7,13-14,19-21H2,1-2H3,(H,33,36)/t29-/m0/s1. The molecule has 0 aliphatic heterocycles. The van der Waals surface area contributed by atoms with Crippen LogP contribution in [0.15, 0.2) is 77.3 Å². The van der Waals surface area contributed by atoms with Crippen molar-refractivity contribution in [3.8, 4) is 0 Å². The number of aryl methyl sites for hydroxylation is 2. The summed E-state index contributed by atoms with van der Waals surface area (Å²) in [4.78, 5) is 29.5. The van der Waals surface area contributed by atoms with E-state index in [2.05, 4.69) is 39.4 Å². The number of amides is 2. The Balaban J connectivity index is 1.68. The minimum Gasteiger partial charge on any atom is -0.352 e. The van der Waals surface area contributed by atoms with E-state index < -0.39 is 6.04 Å². The number of nitrogens with one attached hydrogen (secondary N) is 1. The summed E-state index contributed by atoms with van der Waals surface area (Å²) in [6, 6.07) is 23.8. The number of nitrogens with zero attached hydrogens (tertiary/aromatic N) is 1. The van der Waals surface area contributed by atoms with Crippen LogP contribution in [0.2, 0.25) is 0 Å². The molecule has 1 fully saturated rings. The molecular weight excluding hydrogens is 512 g/mol. The SMILES string of the molecule is Cc1ccc(C)c(CC(=O)N(Cc2cccc(Br)c2)[C@@H](Cc2ccccc2)C(=O)NC2CCCC2)c1. The van der Waals surface area contributed by atoms with Crippen molar-refractivity contribution >= 4 is 27.7 Å². The molecule has 1 N–H and O–H groups in total. The van der Waals surface area contributed by atoms with E-state index in [9.17, 15) is 9.59 Å². The lowest BCUT2D eigenvalue weighted by atomic mass is 9.99. The van der Waals surface area contributed by atoms with Crippen LogP contribution in [0.4, 0.5) is 0 Å². The Labute approximate surface area is 223 Å². The van der Waals surface area contributed by atoms with E-state index in [1.54, 1.807) is 4.90 Å². The summed E-state index contributed by atoms with van der Waals surface area (Å²) >= 11 is 3.56. The molecule has 0 heterocycles. The summed E-state index contributed by atoms with van der Waals surface area (Å²) in [5.41, 5.74) is 5.26. The van der Waals surface area contributed by atoms with Crippen molar-refractivity contribution in [1.29, 1.82) is 0 Å². The van der Waals surface area contributed by atoms with Gasteiger partial charge < -0.3 is 10.2 Å². The molecule has 0 spiro atoms. The van der Waals surface area contributed by atoms with Crippen molar-refractivity contribution < 1.29 is 9.59 Å². The summed E-state index contributed by atoms with van der Waals surface area (Å²) in [7, 11) is 0. The molecule has 5 heteroatoms. The summed E-state index contributed by atoms with van der Waals surface area (Å²) in [6.07, 6.45) is 5.04. The molecule has 0 radical (unpaired) electrons. The van der Waals surface area contributed by atoms with Crippen molar-refractivity contribution in [2.75, 3.05) is 0 Å². The predicted octanol–water partition coefficient (Wildman–Crippen LogP) is 6.31. The molecule has 2 amide bonds. The molecule has 3 aromatic rings. The van der Waals surface area contributed by atoms with Crippen LogP contribution in [-0.4, -0.2) is 28.8 Å². The van der Waals surface area contributed by atoms with Gasteiger partial charge in [-0.3, -0.25) is 9.59 Å². The van der Waals surface area contributed by atoms with Crippen molar-refractivity contribution in [2.24, 2.45) is 0 Å². The summed E-state index contributed by atoms with van der Waals surface area (Å²) in [6.45, 7) is 4.45. The Kier molecular flexibility index (Phi) is 8.98. The summed E-state index contributed by atoms with van der Waals surface area (Å²) in [5, 5.41) is 3.27. The molecule has 1 aliphatic carbocycles. The lowest BCUT2D eigenvalue weighted by Crippen LogP contribution is -2.52. The van der Waals surface area contributed by atoms with Gasteiger partial charge in [-0.15, -0.1) is 0 Å². The van der Waals surface area contributed by atoms with E-state index >= 15 is 0 Å². The van der Waals surface area contributed by atoms with Crippen LogP contribution < -0.4 is 5.32 Å². The largest absolute Gasteiger partial charge is 0.352 e. The van der Waals surface area contributed by atoms with Crippen molar-refractivity contribution in [1.82, 2.24) is 10.2 Å². The molecule has 36 heavy (non-hydrogen) atoms. The number of hydrogen-bond acceptors (Lipinski definition) is 2. The topological polar surface area (TPSA) is 49.4 Å². The first-order chi connectivity index (χ1) is 17.4. The lowest BCUT2D eigenvalue weighted by Gasteiger charge is -2.32. The van der Waals surface area contributed by atoms with Crippen LogP contribution in [0.5, 0.6) is 0 Å². The first-order valence-electron chi connectivity index (χ1n) is 12.8. The van der Waals surface area contributed by atoms with E-state index in [0.29, 0.717) is 13.0 Å². The van der Waals surface area contributed by atoms with Gasteiger partial charge in [0.2, 0.25) is 11.8 Å². The van der Waals surface area contributed by atoms with Crippen LogP contribution in [0.3, 0.4) is 0 Å². The predicted molar refractivity (Wildman–Crippen MR) is 149 cm³/mol. The summed E-state index contributed by atoms with van der Waals surface area (Å²) < 4.78 is 0.956. The zero-order valence-corrected chi connectivity index (χ0v) is 22.8. The number of benzene rings is 3. The Morgan fingerprint density at radius 2 is 1.67 bits per heavy atom.